The fourth-order valence-electron chi connectivity index (χ4n) is 3.61. The predicted octanol–water partition coefficient (Wildman–Crippen LogP) is 4.18. The lowest BCUT2D eigenvalue weighted by atomic mass is 9.84. The highest BCUT2D eigenvalue weighted by molar-refractivity contribution is 5.26. The van der Waals surface area contributed by atoms with Crippen molar-refractivity contribution in [2.75, 3.05) is 0 Å². The molecule has 1 heterocycles. The molecule has 0 amide bonds. The molecule has 0 aromatic carbocycles. The Labute approximate surface area is 118 Å². The van der Waals surface area contributed by atoms with Crippen LogP contribution in [-0.2, 0) is 13.1 Å². The fraction of sp³-hybridized carbons (Fsp3) is 0.765. The molecule has 1 aromatic rings. The summed E-state index contributed by atoms with van der Waals surface area (Å²) in [6.07, 6.45) is 7.15. The van der Waals surface area contributed by atoms with Crippen LogP contribution in [-0.4, -0.2) is 10.6 Å². The first-order chi connectivity index (χ1) is 9.13. The van der Waals surface area contributed by atoms with Gasteiger partial charge < -0.3 is 9.88 Å². The van der Waals surface area contributed by atoms with Crippen molar-refractivity contribution in [3.8, 4) is 0 Å². The van der Waals surface area contributed by atoms with Crippen molar-refractivity contribution >= 4 is 0 Å². The molecule has 0 radical (unpaired) electrons. The number of hydrogen-bond acceptors (Lipinski definition) is 1. The maximum Gasteiger partial charge on any atom is 0.0225 e. The van der Waals surface area contributed by atoms with Crippen LogP contribution in [0.1, 0.15) is 62.9 Å². The molecule has 1 saturated carbocycles. The molecule has 0 aliphatic heterocycles. The van der Waals surface area contributed by atoms with Crippen molar-refractivity contribution in [3.63, 3.8) is 0 Å². The molecule has 2 heteroatoms. The molecular formula is C17H30N2. The molecule has 1 aliphatic rings. The quantitative estimate of drug-likeness (QED) is 0.842. The van der Waals surface area contributed by atoms with E-state index in [-0.39, 0.29) is 0 Å². The molecule has 0 bridgehead atoms. The van der Waals surface area contributed by atoms with Crippen molar-refractivity contribution in [1.82, 2.24) is 9.88 Å². The summed E-state index contributed by atoms with van der Waals surface area (Å²) in [5, 5.41) is 3.76. The van der Waals surface area contributed by atoms with E-state index in [0.29, 0.717) is 6.04 Å². The Morgan fingerprint density at radius 3 is 2.53 bits per heavy atom. The minimum Gasteiger partial charge on any atom is -0.349 e. The lowest BCUT2D eigenvalue weighted by molar-refractivity contribution is 0.280. The largest absolute Gasteiger partial charge is 0.349 e. The second-order valence-corrected chi connectivity index (χ2v) is 6.21. The van der Waals surface area contributed by atoms with Gasteiger partial charge in [-0.25, -0.2) is 0 Å². The van der Waals surface area contributed by atoms with E-state index in [0.717, 1.165) is 19.0 Å². The Morgan fingerprint density at radius 1 is 1.26 bits per heavy atom. The Morgan fingerprint density at radius 2 is 1.95 bits per heavy atom. The van der Waals surface area contributed by atoms with E-state index in [1.807, 2.05) is 0 Å². The van der Waals surface area contributed by atoms with Crippen molar-refractivity contribution in [3.05, 3.63) is 23.0 Å². The highest BCUT2D eigenvalue weighted by Gasteiger charge is 2.20. The van der Waals surface area contributed by atoms with Crippen LogP contribution >= 0.6 is 0 Å². The summed E-state index contributed by atoms with van der Waals surface area (Å²) >= 11 is 0. The monoisotopic (exact) mass is 262 g/mol. The molecule has 1 aliphatic carbocycles. The zero-order valence-electron chi connectivity index (χ0n) is 13.1. The average Bonchev–Trinajstić information content (AvgIpc) is 2.71. The Kier molecular flexibility index (Phi) is 5.09. The lowest BCUT2D eigenvalue weighted by Crippen LogP contribution is -2.34. The first-order valence-corrected chi connectivity index (χ1v) is 8.02. The minimum atomic E-state index is 0.657. The van der Waals surface area contributed by atoms with Crippen molar-refractivity contribution < 1.29 is 0 Å². The summed E-state index contributed by atoms with van der Waals surface area (Å²) in [5.41, 5.74) is 4.30. The van der Waals surface area contributed by atoms with Crippen LogP contribution in [0.2, 0.25) is 0 Å². The third-order valence-electron chi connectivity index (χ3n) is 4.97. The van der Waals surface area contributed by atoms with Crippen molar-refractivity contribution in [2.24, 2.45) is 5.92 Å². The first kappa shape index (κ1) is 14.6. The number of rotatable bonds is 5. The second-order valence-electron chi connectivity index (χ2n) is 6.21. The standard InChI is InChI=1S/C17H30N2/c1-5-19-13(2)11-17(15(19)4)12-18-14(3)16-9-7-6-8-10-16/h11,14,16,18H,5-10,12H2,1-4H3/t14-/m0/s1. The molecular weight excluding hydrogens is 232 g/mol. The molecule has 0 saturated heterocycles. The third kappa shape index (κ3) is 3.42. The summed E-state index contributed by atoms with van der Waals surface area (Å²) in [7, 11) is 0. The highest BCUT2D eigenvalue weighted by atomic mass is 15.0. The summed E-state index contributed by atoms with van der Waals surface area (Å²) in [5.74, 6) is 0.892. The molecule has 2 nitrogen and oxygen atoms in total. The minimum absolute atomic E-state index is 0.657. The van der Waals surface area contributed by atoms with E-state index >= 15 is 0 Å². The molecule has 1 atom stereocenters. The number of hydrogen-bond donors (Lipinski definition) is 1. The topological polar surface area (TPSA) is 17.0 Å². The summed E-state index contributed by atoms with van der Waals surface area (Å²) in [6.45, 7) is 11.2. The molecule has 1 fully saturated rings. The predicted molar refractivity (Wildman–Crippen MR) is 82.5 cm³/mol. The van der Waals surface area contributed by atoms with Gasteiger partial charge in [0.25, 0.3) is 0 Å². The number of nitrogens with zero attached hydrogens (tertiary/aromatic N) is 1. The lowest BCUT2D eigenvalue weighted by Gasteiger charge is -2.28. The highest BCUT2D eigenvalue weighted by Crippen LogP contribution is 2.26. The van der Waals surface area contributed by atoms with Gasteiger partial charge in [-0.05, 0) is 58.1 Å². The van der Waals surface area contributed by atoms with E-state index < -0.39 is 0 Å². The van der Waals surface area contributed by atoms with Gasteiger partial charge in [-0.2, -0.15) is 0 Å². The zero-order chi connectivity index (χ0) is 13.8. The SMILES string of the molecule is CCn1c(C)cc(CN[C@@H](C)C2CCCCC2)c1C. The molecule has 19 heavy (non-hydrogen) atoms. The van der Waals surface area contributed by atoms with Gasteiger partial charge in [0.15, 0.2) is 0 Å². The maximum absolute atomic E-state index is 3.76. The van der Waals surface area contributed by atoms with Crippen LogP contribution in [0.5, 0.6) is 0 Å². The smallest absolute Gasteiger partial charge is 0.0225 e. The van der Waals surface area contributed by atoms with Crippen molar-refractivity contribution in [2.45, 2.75) is 78.9 Å². The van der Waals surface area contributed by atoms with Crippen molar-refractivity contribution in [1.29, 1.82) is 0 Å². The molecule has 0 unspecified atom stereocenters. The Balaban J connectivity index is 1.91. The Hall–Kier alpha value is -0.760. The van der Waals surface area contributed by atoms with Gasteiger partial charge in [-0.15, -0.1) is 0 Å². The van der Waals surface area contributed by atoms with E-state index in [1.54, 1.807) is 0 Å². The van der Waals surface area contributed by atoms with Gasteiger partial charge >= 0.3 is 0 Å². The van der Waals surface area contributed by atoms with Gasteiger partial charge in [-0.1, -0.05) is 19.3 Å². The van der Waals surface area contributed by atoms with Gasteiger partial charge in [0.2, 0.25) is 0 Å². The Bertz CT molecular complexity index is 400. The molecule has 1 aromatic heterocycles. The van der Waals surface area contributed by atoms with Crippen LogP contribution in [0.4, 0.5) is 0 Å². The number of aromatic nitrogens is 1. The number of aryl methyl sites for hydroxylation is 1. The van der Waals surface area contributed by atoms with E-state index in [4.69, 9.17) is 0 Å². The van der Waals surface area contributed by atoms with Crippen LogP contribution in [0.3, 0.4) is 0 Å². The normalized spacial score (nSPS) is 18.7. The van der Waals surface area contributed by atoms with Gasteiger partial charge in [0.05, 0.1) is 0 Å². The van der Waals surface area contributed by atoms with Crippen LogP contribution in [0, 0.1) is 19.8 Å². The van der Waals surface area contributed by atoms with E-state index in [9.17, 15) is 0 Å². The fourth-order valence-corrected chi connectivity index (χ4v) is 3.61. The molecule has 2 rings (SSSR count). The summed E-state index contributed by atoms with van der Waals surface area (Å²) < 4.78 is 2.41. The van der Waals surface area contributed by atoms with Gasteiger partial charge in [0, 0.05) is 30.5 Å². The zero-order valence-corrected chi connectivity index (χ0v) is 13.1. The van der Waals surface area contributed by atoms with Crippen LogP contribution in [0.25, 0.3) is 0 Å². The van der Waals surface area contributed by atoms with Gasteiger partial charge in [0.1, 0.15) is 0 Å². The molecule has 1 N–H and O–H groups in total. The van der Waals surface area contributed by atoms with Crippen LogP contribution < -0.4 is 5.32 Å². The number of nitrogens with one attached hydrogen (secondary N) is 1. The third-order valence-corrected chi connectivity index (χ3v) is 4.97. The second kappa shape index (κ2) is 6.60. The summed E-state index contributed by atoms with van der Waals surface area (Å²) in [6, 6.07) is 3.00. The first-order valence-electron chi connectivity index (χ1n) is 8.02. The molecule has 108 valence electrons. The average molecular weight is 262 g/mol. The maximum atomic E-state index is 3.76. The van der Waals surface area contributed by atoms with Gasteiger partial charge in [-0.3, -0.25) is 0 Å². The summed E-state index contributed by atoms with van der Waals surface area (Å²) in [4.78, 5) is 0. The van der Waals surface area contributed by atoms with E-state index in [2.05, 4.69) is 43.6 Å². The molecule has 0 spiro atoms. The van der Waals surface area contributed by atoms with Crippen LogP contribution in [0.15, 0.2) is 6.07 Å². The van der Waals surface area contributed by atoms with E-state index in [1.165, 1.54) is 49.1 Å².